The molecule has 0 bridgehead atoms. The Kier molecular flexibility index (Phi) is 4.55. The summed E-state index contributed by atoms with van der Waals surface area (Å²) in [6.07, 6.45) is 1.54. The molecule has 1 aromatic heterocycles. The molecule has 0 radical (unpaired) electrons. The van der Waals surface area contributed by atoms with E-state index >= 15 is 0 Å². The van der Waals surface area contributed by atoms with Gasteiger partial charge in [0.05, 0.1) is 5.56 Å². The summed E-state index contributed by atoms with van der Waals surface area (Å²) in [5, 5.41) is 9.46. The molecule has 0 atom stereocenters. The Bertz CT molecular complexity index is 621. The van der Waals surface area contributed by atoms with Crippen LogP contribution in [0, 0.1) is 5.82 Å². The van der Waals surface area contributed by atoms with Crippen molar-refractivity contribution >= 4 is 33.7 Å². The second-order valence-corrected chi connectivity index (χ2v) is 5.50. The predicted molar refractivity (Wildman–Crippen MR) is 74.9 cm³/mol. The van der Waals surface area contributed by atoms with E-state index in [1.165, 1.54) is 36.2 Å². The third-order valence-corrected chi connectivity index (χ3v) is 4.20. The van der Waals surface area contributed by atoms with Crippen molar-refractivity contribution in [3.05, 3.63) is 57.9 Å². The summed E-state index contributed by atoms with van der Waals surface area (Å²) in [5.41, 5.74) is 0.909. The van der Waals surface area contributed by atoms with Crippen LogP contribution < -0.4 is 0 Å². The maximum atomic E-state index is 13.1. The average Bonchev–Trinajstić information content (AvgIpc) is 2.40. The molecule has 0 aliphatic rings. The number of halogens is 2. The van der Waals surface area contributed by atoms with Crippen molar-refractivity contribution in [2.24, 2.45) is 0 Å². The molecule has 0 fully saturated rings. The molecular formula is C13H9BrFNO2S. The zero-order valence-electron chi connectivity index (χ0n) is 9.64. The number of aromatic carboxylic acids is 1. The van der Waals surface area contributed by atoms with Gasteiger partial charge in [-0.15, -0.1) is 11.8 Å². The molecule has 0 unspecified atom stereocenters. The van der Waals surface area contributed by atoms with Crippen LogP contribution in [0.1, 0.15) is 15.9 Å². The molecule has 2 aromatic rings. The Morgan fingerprint density at radius 1 is 1.42 bits per heavy atom. The molecule has 0 aliphatic heterocycles. The highest BCUT2D eigenvalue weighted by molar-refractivity contribution is 9.10. The number of nitrogens with zero attached hydrogens (tertiary/aromatic N) is 1. The van der Waals surface area contributed by atoms with Crippen molar-refractivity contribution in [1.82, 2.24) is 4.98 Å². The molecule has 1 heterocycles. The van der Waals surface area contributed by atoms with Crippen LogP contribution >= 0.6 is 27.7 Å². The largest absolute Gasteiger partial charge is 0.478 e. The number of benzene rings is 1. The van der Waals surface area contributed by atoms with Gasteiger partial charge in [0.2, 0.25) is 0 Å². The van der Waals surface area contributed by atoms with Crippen molar-refractivity contribution in [3.8, 4) is 0 Å². The maximum Gasteiger partial charge on any atom is 0.338 e. The standard InChI is InChI=1S/C13H9BrFNO2S/c14-11-4-3-9(15)6-8(11)7-19-12-10(13(17)18)2-1-5-16-12/h1-6H,7H2,(H,17,18). The summed E-state index contributed by atoms with van der Waals surface area (Å²) < 4.78 is 13.9. The topological polar surface area (TPSA) is 50.2 Å². The summed E-state index contributed by atoms with van der Waals surface area (Å²) in [7, 11) is 0. The SMILES string of the molecule is O=C(O)c1cccnc1SCc1cc(F)ccc1Br. The first-order valence-corrected chi connectivity index (χ1v) is 7.11. The first kappa shape index (κ1) is 14.0. The smallest absolute Gasteiger partial charge is 0.338 e. The van der Waals surface area contributed by atoms with Crippen LogP contribution in [-0.4, -0.2) is 16.1 Å². The Labute approximate surface area is 122 Å². The lowest BCUT2D eigenvalue weighted by Crippen LogP contribution is -2.00. The van der Waals surface area contributed by atoms with Crippen LogP contribution in [0.2, 0.25) is 0 Å². The van der Waals surface area contributed by atoms with Gasteiger partial charge >= 0.3 is 5.97 Å². The zero-order valence-corrected chi connectivity index (χ0v) is 12.0. The number of carbonyl (C=O) groups is 1. The minimum Gasteiger partial charge on any atom is -0.478 e. The van der Waals surface area contributed by atoms with E-state index in [-0.39, 0.29) is 11.4 Å². The molecule has 0 amide bonds. The van der Waals surface area contributed by atoms with Crippen LogP contribution in [0.5, 0.6) is 0 Å². The summed E-state index contributed by atoms with van der Waals surface area (Å²) >= 11 is 4.60. The first-order chi connectivity index (χ1) is 9.08. The first-order valence-electron chi connectivity index (χ1n) is 5.33. The lowest BCUT2D eigenvalue weighted by molar-refractivity contribution is 0.0692. The van der Waals surface area contributed by atoms with E-state index in [0.717, 1.165) is 10.0 Å². The molecule has 3 nitrogen and oxygen atoms in total. The minimum atomic E-state index is -1.02. The number of aromatic nitrogens is 1. The van der Waals surface area contributed by atoms with E-state index in [0.29, 0.717) is 10.8 Å². The van der Waals surface area contributed by atoms with Gasteiger partial charge in [0.25, 0.3) is 0 Å². The lowest BCUT2D eigenvalue weighted by atomic mass is 10.2. The molecule has 1 N–H and O–H groups in total. The number of carboxylic acids is 1. The molecule has 0 saturated carbocycles. The quantitative estimate of drug-likeness (QED) is 0.854. The molecule has 0 spiro atoms. The van der Waals surface area contributed by atoms with Crippen LogP contribution in [-0.2, 0) is 5.75 Å². The fraction of sp³-hybridized carbons (Fsp3) is 0.0769. The number of pyridine rings is 1. The van der Waals surface area contributed by atoms with Crippen molar-refractivity contribution in [3.63, 3.8) is 0 Å². The molecule has 1 aromatic carbocycles. The Morgan fingerprint density at radius 2 is 2.21 bits per heavy atom. The highest BCUT2D eigenvalue weighted by Crippen LogP contribution is 2.28. The lowest BCUT2D eigenvalue weighted by Gasteiger charge is -2.06. The van der Waals surface area contributed by atoms with E-state index < -0.39 is 5.97 Å². The summed E-state index contributed by atoms with van der Waals surface area (Å²) in [5.74, 6) is -0.900. The van der Waals surface area contributed by atoms with Crippen LogP contribution in [0.15, 0.2) is 46.0 Å². The number of hydrogen-bond acceptors (Lipinski definition) is 3. The van der Waals surface area contributed by atoms with Gasteiger partial charge < -0.3 is 5.11 Å². The second kappa shape index (κ2) is 6.16. The second-order valence-electron chi connectivity index (χ2n) is 3.69. The average molecular weight is 342 g/mol. The van der Waals surface area contributed by atoms with Gasteiger partial charge in [0.15, 0.2) is 0 Å². The third-order valence-electron chi connectivity index (χ3n) is 2.37. The fourth-order valence-corrected chi connectivity index (χ4v) is 3.02. The Balaban J connectivity index is 2.19. The summed E-state index contributed by atoms with van der Waals surface area (Å²) in [6, 6.07) is 7.48. The molecule has 0 saturated heterocycles. The van der Waals surface area contributed by atoms with Gasteiger partial charge in [0, 0.05) is 16.4 Å². The van der Waals surface area contributed by atoms with Gasteiger partial charge in [-0.05, 0) is 35.9 Å². The number of carboxylic acid groups (broad SMARTS) is 1. The Hall–Kier alpha value is -1.40. The third kappa shape index (κ3) is 3.54. The molecule has 98 valence electrons. The maximum absolute atomic E-state index is 13.1. The van der Waals surface area contributed by atoms with E-state index in [1.807, 2.05) is 0 Å². The van der Waals surface area contributed by atoms with Crippen LogP contribution in [0.25, 0.3) is 0 Å². The van der Waals surface area contributed by atoms with Gasteiger partial charge in [-0.3, -0.25) is 0 Å². The molecule has 19 heavy (non-hydrogen) atoms. The monoisotopic (exact) mass is 341 g/mol. The molecule has 0 aliphatic carbocycles. The van der Waals surface area contributed by atoms with Crippen molar-refractivity contribution in [2.75, 3.05) is 0 Å². The predicted octanol–water partition coefficient (Wildman–Crippen LogP) is 3.97. The van der Waals surface area contributed by atoms with Crippen LogP contribution in [0.3, 0.4) is 0 Å². The highest BCUT2D eigenvalue weighted by Gasteiger charge is 2.12. The Morgan fingerprint density at radius 3 is 2.95 bits per heavy atom. The summed E-state index contributed by atoms with van der Waals surface area (Å²) in [6.45, 7) is 0. The van der Waals surface area contributed by atoms with E-state index in [1.54, 1.807) is 12.1 Å². The minimum absolute atomic E-state index is 0.153. The van der Waals surface area contributed by atoms with Crippen molar-refractivity contribution < 1.29 is 14.3 Å². The molecule has 2 rings (SSSR count). The molecule has 6 heteroatoms. The van der Waals surface area contributed by atoms with Gasteiger partial charge in [-0.2, -0.15) is 0 Å². The molecular weight excluding hydrogens is 333 g/mol. The number of rotatable bonds is 4. The zero-order chi connectivity index (χ0) is 13.8. The normalized spacial score (nSPS) is 10.4. The number of thioether (sulfide) groups is 1. The van der Waals surface area contributed by atoms with Crippen molar-refractivity contribution in [2.45, 2.75) is 10.8 Å². The van der Waals surface area contributed by atoms with Gasteiger partial charge in [0.1, 0.15) is 10.8 Å². The number of hydrogen-bond donors (Lipinski definition) is 1. The van der Waals surface area contributed by atoms with Gasteiger partial charge in [-0.25, -0.2) is 14.2 Å². The van der Waals surface area contributed by atoms with E-state index in [2.05, 4.69) is 20.9 Å². The van der Waals surface area contributed by atoms with Gasteiger partial charge in [-0.1, -0.05) is 15.9 Å². The summed E-state index contributed by atoms with van der Waals surface area (Å²) in [4.78, 5) is 15.1. The van der Waals surface area contributed by atoms with E-state index in [9.17, 15) is 9.18 Å². The van der Waals surface area contributed by atoms with Crippen molar-refractivity contribution in [1.29, 1.82) is 0 Å². The van der Waals surface area contributed by atoms with E-state index in [4.69, 9.17) is 5.11 Å². The highest BCUT2D eigenvalue weighted by atomic mass is 79.9. The van der Waals surface area contributed by atoms with Crippen LogP contribution in [0.4, 0.5) is 4.39 Å². The fourth-order valence-electron chi connectivity index (χ4n) is 1.47.